The van der Waals surface area contributed by atoms with E-state index in [0.717, 1.165) is 89.8 Å². The largest absolute Gasteiger partial charge is 0.439 e. The third kappa shape index (κ3) is 6.60. The standard InChI is InChI=1S/C40H39N2O2/c1-4-31-20-22-37-35(28-31)41(24-12-18-33-14-8-6-9-15-33)39(43-37)26-30(3)27-40-42(25-13-19-34-16-10-7-11-17-34)36-29-32(5-2)21-23-38(36)44-40/h4-11,14-17,20-23,26-29H,1-2,12-13,18-19,24-25H2,3H3/q+1. The van der Waals surface area contributed by atoms with Crippen LogP contribution in [0.2, 0.25) is 0 Å². The van der Waals surface area contributed by atoms with E-state index in [0.29, 0.717) is 0 Å². The summed E-state index contributed by atoms with van der Waals surface area (Å²) in [4.78, 5) is 2.28. The maximum atomic E-state index is 6.43. The summed E-state index contributed by atoms with van der Waals surface area (Å²) >= 11 is 0. The molecule has 0 radical (unpaired) electrons. The summed E-state index contributed by atoms with van der Waals surface area (Å²) in [7, 11) is 0. The second-order valence-electron chi connectivity index (χ2n) is 11.3. The summed E-state index contributed by atoms with van der Waals surface area (Å²) in [5.41, 5.74) is 8.90. The van der Waals surface area contributed by atoms with E-state index >= 15 is 0 Å². The zero-order valence-electron chi connectivity index (χ0n) is 25.4. The first-order chi connectivity index (χ1) is 21.6. The predicted molar refractivity (Wildman–Crippen MR) is 182 cm³/mol. The van der Waals surface area contributed by atoms with Gasteiger partial charge in [0, 0.05) is 25.1 Å². The molecule has 44 heavy (non-hydrogen) atoms. The molecule has 1 aromatic heterocycles. The van der Waals surface area contributed by atoms with Crippen LogP contribution in [0.25, 0.3) is 29.3 Å². The average molecular weight is 580 g/mol. The number of anilines is 1. The van der Waals surface area contributed by atoms with Gasteiger partial charge in [0.05, 0.1) is 11.8 Å². The van der Waals surface area contributed by atoms with Gasteiger partial charge < -0.3 is 14.1 Å². The second-order valence-corrected chi connectivity index (χ2v) is 11.3. The Labute approximate surface area is 260 Å². The molecular weight excluding hydrogens is 540 g/mol. The first-order valence-electron chi connectivity index (χ1n) is 15.4. The van der Waals surface area contributed by atoms with Gasteiger partial charge in [0.25, 0.3) is 5.52 Å². The molecule has 0 aliphatic carbocycles. The van der Waals surface area contributed by atoms with Crippen LogP contribution in [-0.4, -0.2) is 6.54 Å². The number of benzene rings is 4. The lowest BCUT2D eigenvalue weighted by Gasteiger charge is -2.19. The Balaban J connectivity index is 1.29. The van der Waals surface area contributed by atoms with E-state index in [9.17, 15) is 0 Å². The lowest BCUT2D eigenvalue weighted by molar-refractivity contribution is -0.678. The molecule has 1 aliphatic heterocycles. The highest BCUT2D eigenvalue weighted by Gasteiger charge is 2.27. The molecule has 0 saturated carbocycles. The van der Waals surface area contributed by atoms with E-state index in [-0.39, 0.29) is 0 Å². The molecule has 4 aromatic carbocycles. The lowest BCUT2D eigenvalue weighted by Crippen LogP contribution is -2.35. The highest BCUT2D eigenvalue weighted by Crippen LogP contribution is 2.40. The van der Waals surface area contributed by atoms with Crippen molar-refractivity contribution in [3.63, 3.8) is 0 Å². The van der Waals surface area contributed by atoms with Crippen LogP contribution in [0.1, 0.15) is 47.9 Å². The van der Waals surface area contributed by atoms with Gasteiger partial charge in [-0.05, 0) is 72.2 Å². The van der Waals surface area contributed by atoms with Crippen LogP contribution in [0, 0.1) is 0 Å². The van der Waals surface area contributed by atoms with Crippen molar-refractivity contribution in [2.75, 3.05) is 11.4 Å². The molecule has 4 heteroatoms. The molecule has 0 bridgehead atoms. The number of aryl methyl sites for hydroxylation is 3. The number of ether oxygens (including phenoxy) is 1. The number of aromatic nitrogens is 1. The van der Waals surface area contributed by atoms with E-state index in [2.05, 4.69) is 114 Å². The van der Waals surface area contributed by atoms with Gasteiger partial charge in [0.1, 0.15) is 0 Å². The van der Waals surface area contributed by atoms with E-state index in [1.807, 2.05) is 36.4 Å². The fraction of sp³-hybridized carbons (Fsp3) is 0.175. The van der Waals surface area contributed by atoms with E-state index in [1.165, 1.54) is 11.1 Å². The second kappa shape index (κ2) is 13.5. The molecule has 0 unspecified atom stereocenters. The van der Waals surface area contributed by atoms with Crippen LogP contribution in [0.5, 0.6) is 5.75 Å². The molecule has 220 valence electrons. The Morgan fingerprint density at radius 2 is 1.45 bits per heavy atom. The Morgan fingerprint density at radius 3 is 2.16 bits per heavy atom. The fourth-order valence-electron chi connectivity index (χ4n) is 5.77. The maximum absolute atomic E-state index is 6.43. The van der Waals surface area contributed by atoms with Gasteiger partial charge in [-0.3, -0.25) is 0 Å². The van der Waals surface area contributed by atoms with Crippen LogP contribution >= 0.6 is 0 Å². The fourth-order valence-corrected chi connectivity index (χ4v) is 5.77. The molecule has 6 rings (SSSR count). The van der Waals surface area contributed by atoms with Crippen molar-refractivity contribution in [2.45, 2.75) is 39.2 Å². The van der Waals surface area contributed by atoms with Crippen molar-refractivity contribution in [1.82, 2.24) is 0 Å². The highest BCUT2D eigenvalue weighted by atomic mass is 16.5. The molecular formula is C40H39N2O2+. The van der Waals surface area contributed by atoms with Crippen LogP contribution in [0.4, 0.5) is 5.69 Å². The topological polar surface area (TPSA) is 29.5 Å². The van der Waals surface area contributed by atoms with Crippen molar-refractivity contribution in [2.24, 2.45) is 0 Å². The molecule has 0 amide bonds. The highest BCUT2D eigenvalue weighted by molar-refractivity contribution is 5.74. The summed E-state index contributed by atoms with van der Waals surface area (Å²) < 4.78 is 15.1. The molecule has 0 saturated heterocycles. The summed E-state index contributed by atoms with van der Waals surface area (Å²) in [6.45, 7) is 11.7. The van der Waals surface area contributed by atoms with E-state index in [4.69, 9.17) is 9.15 Å². The summed E-state index contributed by atoms with van der Waals surface area (Å²) in [5.74, 6) is 2.51. The number of allylic oxidation sites excluding steroid dienone is 2. The first-order valence-corrected chi connectivity index (χ1v) is 15.4. The number of hydrogen-bond acceptors (Lipinski definition) is 3. The Bertz CT molecular complexity index is 1830. The number of nitrogens with zero attached hydrogens (tertiary/aromatic N) is 2. The Hall–Kier alpha value is -5.09. The normalized spacial score (nSPS) is 13.7. The average Bonchev–Trinajstić information content (AvgIpc) is 3.57. The van der Waals surface area contributed by atoms with Gasteiger partial charge >= 0.3 is 5.89 Å². The Kier molecular flexibility index (Phi) is 8.88. The minimum absolute atomic E-state index is 0.823. The number of hydrogen-bond donors (Lipinski definition) is 0. The van der Waals surface area contributed by atoms with Crippen molar-refractivity contribution < 1.29 is 13.7 Å². The summed E-state index contributed by atoms with van der Waals surface area (Å²) in [6.07, 6.45) is 12.0. The summed E-state index contributed by atoms with van der Waals surface area (Å²) in [5, 5.41) is 0. The van der Waals surface area contributed by atoms with Crippen molar-refractivity contribution in [1.29, 1.82) is 0 Å². The molecule has 0 atom stereocenters. The first kappa shape index (κ1) is 29.0. The van der Waals surface area contributed by atoms with E-state index < -0.39 is 0 Å². The molecule has 5 aromatic rings. The van der Waals surface area contributed by atoms with Crippen LogP contribution in [0.15, 0.2) is 132 Å². The quantitative estimate of drug-likeness (QED) is 0.138. The van der Waals surface area contributed by atoms with Crippen molar-refractivity contribution in [3.05, 3.63) is 156 Å². The zero-order chi connectivity index (χ0) is 30.3. The number of oxazole rings is 1. The van der Waals surface area contributed by atoms with Gasteiger partial charge in [-0.2, -0.15) is 4.57 Å². The minimum atomic E-state index is 0.823. The Morgan fingerprint density at radius 1 is 0.795 bits per heavy atom. The SMILES string of the molecule is C=Cc1ccc2c(c1)N(CCCc1ccccc1)/C(=C\C(C)=C\c1oc3ccc(C=C)cc3[n+]1CCCc1ccccc1)O2. The van der Waals surface area contributed by atoms with Crippen molar-refractivity contribution in [3.8, 4) is 5.75 Å². The third-order valence-electron chi connectivity index (χ3n) is 8.06. The van der Waals surface area contributed by atoms with Gasteiger partial charge in [-0.1, -0.05) is 98.1 Å². The molecule has 0 fully saturated rings. The number of fused-ring (bicyclic) bond motifs is 2. The van der Waals surface area contributed by atoms with Gasteiger partial charge in [-0.15, -0.1) is 0 Å². The van der Waals surface area contributed by atoms with Crippen molar-refractivity contribution >= 4 is 35.0 Å². The zero-order valence-corrected chi connectivity index (χ0v) is 25.4. The molecule has 1 aliphatic rings. The van der Waals surface area contributed by atoms with Gasteiger partial charge in [0.15, 0.2) is 12.3 Å². The number of rotatable bonds is 12. The molecule has 4 nitrogen and oxygen atoms in total. The van der Waals surface area contributed by atoms with E-state index in [1.54, 1.807) is 0 Å². The monoisotopic (exact) mass is 579 g/mol. The smallest absolute Gasteiger partial charge is 0.374 e. The van der Waals surface area contributed by atoms with Crippen LogP contribution < -0.4 is 14.2 Å². The minimum Gasteiger partial charge on any atom is -0.439 e. The molecule has 2 heterocycles. The third-order valence-corrected chi connectivity index (χ3v) is 8.06. The predicted octanol–water partition coefficient (Wildman–Crippen LogP) is 9.42. The maximum Gasteiger partial charge on any atom is 0.374 e. The lowest BCUT2D eigenvalue weighted by atomic mass is 10.1. The molecule has 0 spiro atoms. The summed E-state index contributed by atoms with van der Waals surface area (Å²) in [6, 6.07) is 33.8. The van der Waals surface area contributed by atoms with Crippen LogP contribution in [-0.2, 0) is 19.4 Å². The molecule has 0 N–H and O–H groups in total. The van der Waals surface area contributed by atoms with Crippen LogP contribution in [0.3, 0.4) is 0 Å². The van der Waals surface area contributed by atoms with Gasteiger partial charge in [0.2, 0.25) is 11.5 Å². The van der Waals surface area contributed by atoms with Gasteiger partial charge in [-0.25, -0.2) is 0 Å².